The highest BCUT2D eigenvalue weighted by Gasteiger charge is 2.05. The van der Waals surface area contributed by atoms with Crippen molar-refractivity contribution in [3.05, 3.63) is 18.8 Å². The molecule has 2 unspecified atom stereocenters. The summed E-state index contributed by atoms with van der Waals surface area (Å²) in [6.07, 6.45) is 0. The predicted molar refractivity (Wildman–Crippen MR) is 75.3 cm³/mol. The van der Waals surface area contributed by atoms with Crippen LogP contribution >= 0.6 is 63.7 Å². The molecule has 0 aromatic heterocycles. The summed E-state index contributed by atoms with van der Waals surface area (Å²) in [5.74, 6) is 0. The third-order valence-corrected chi connectivity index (χ3v) is 6.70. The molecule has 0 N–H and O–H groups in total. The molecular weight excluding hydrogens is 400 g/mol. The average Bonchev–Trinajstić information content (AvgIpc) is 1.97. The molecule has 0 saturated carbocycles. The predicted octanol–water partition coefficient (Wildman–Crippen LogP) is 2.21. The summed E-state index contributed by atoms with van der Waals surface area (Å²) in [4.78, 5) is 0. The van der Waals surface area contributed by atoms with Crippen LogP contribution in [0.5, 0.6) is 0 Å². The van der Waals surface area contributed by atoms with Crippen molar-refractivity contribution in [3.8, 4) is 0 Å². The Hall–Kier alpha value is 1.54. The summed E-state index contributed by atoms with van der Waals surface area (Å²) in [6, 6.07) is 2.18. The molecule has 11 heavy (non-hydrogen) atoms. The molecule has 1 rings (SSSR count). The molecular formula is C7H8I2P2. The van der Waals surface area contributed by atoms with Gasteiger partial charge in [0.25, 0.3) is 0 Å². The zero-order valence-corrected chi connectivity index (χ0v) is 12.6. The number of rotatable bonds is 0. The monoisotopic (exact) mass is 408 g/mol. The molecule has 0 aliphatic rings. The minimum Gasteiger partial charge on any atom is -0.105 e. The molecule has 0 radical (unpaired) electrons. The normalized spacial score (nSPS) is 10.3. The number of halogens is 2. The Labute approximate surface area is 99.0 Å². The van der Waals surface area contributed by atoms with Crippen LogP contribution in [0.15, 0.2) is 6.07 Å². The highest BCUT2D eigenvalue weighted by Crippen LogP contribution is 2.18. The van der Waals surface area contributed by atoms with Gasteiger partial charge in [-0.05, 0) is 74.3 Å². The summed E-state index contributed by atoms with van der Waals surface area (Å²) in [5, 5.41) is 2.57. The van der Waals surface area contributed by atoms with Crippen LogP contribution in [-0.2, 0) is 0 Å². The standard InChI is InChI=1S/C7H8I2P2/c1-3-4(10)2-5(11)7(9)6(3)8/h2H,10-11H2,1H3. The Morgan fingerprint density at radius 2 is 1.64 bits per heavy atom. The van der Waals surface area contributed by atoms with E-state index in [4.69, 9.17) is 0 Å². The van der Waals surface area contributed by atoms with E-state index in [1.807, 2.05) is 0 Å². The van der Waals surface area contributed by atoms with Gasteiger partial charge < -0.3 is 0 Å². The maximum absolute atomic E-state index is 2.76. The van der Waals surface area contributed by atoms with Crippen LogP contribution < -0.4 is 10.6 Å². The Morgan fingerprint density at radius 3 is 2.18 bits per heavy atom. The van der Waals surface area contributed by atoms with E-state index in [2.05, 4.69) is 76.7 Å². The molecule has 60 valence electrons. The SMILES string of the molecule is Cc1c(P)cc(P)c(I)c1I. The van der Waals surface area contributed by atoms with Gasteiger partial charge in [0.1, 0.15) is 0 Å². The van der Waals surface area contributed by atoms with Gasteiger partial charge in [0.2, 0.25) is 0 Å². The van der Waals surface area contributed by atoms with Crippen molar-refractivity contribution in [1.82, 2.24) is 0 Å². The molecule has 0 heterocycles. The fourth-order valence-corrected chi connectivity index (χ4v) is 3.37. The zero-order valence-electron chi connectivity index (χ0n) is 5.99. The Kier molecular flexibility index (Phi) is 4.02. The van der Waals surface area contributed by atoms with E-state index >= 15 is 0 Å². The summed E-state index contributed by atoms with van der Waals surface area (Å²) in [5.41, 5.74) is 1.37. The highest BCUT2D eigenvalue weighted by atomic mass is 127. The largest absolute Gasteiger partial charge is 0.105 e. The highest BCUT2D eigenvalue weighted by molar-refractivity contribution is 14.1. The number of benzene rings is 1. The molecule has 0 aliphatic carbocycles. The number of hydrogen-bond donors (Lipinski definition) is 0. The van der Waals surface area contributed by atoms with Gasteiger partial charge in [-0.25, -0.2) is 0 Å². The average molecular weight is 408 g/mol. The Bertz CT molecular complexity index is 271. The van der Waals surface area contributed by atoms with Crippen molar-refractivity contribution in [2.24, 2.45) is 0 Å². The molecule has 0 nitrogen and oxygen atoms in total. The molecule has 0 aliphatic heterocycles. The van der Waals surface area contributed by atoms with E-state index < -0.39 is 0 Å². The maximum Gasteiger partial charge on any atom is 0.0338 e. The lowest BCUT2D eigenvalue weighted by atomic mass is 10.2. The molecule has 0 saturated heterocycles. The van der Waals surface area contributed by atoms with Crippen molar-refractivity contribution in [3.63, 3.8) is 0 Å². The maximum atomic E-state index is 2.76. The Balaban J connectivity index is 3.46. The van der Waals surface area contributed by atoms with Crippen LogP contribution in [0.2, 0.25) is 0 Å². The van der Waals surface area contributed by atoms with E-state index in [9.17, 15) is 0 Å². The summed E-state index contributed by atoms with van der Waals surface area (Å²) >= 11 is 4.76. The van der Waals surface area contributed by atoms with E-state index in [1.165, 1.54) is 23.3 Å². The van der Waals surface area contributed by atoms with Crippen molar-refractivity contribution in [1.29, 1.82) is 0 Å². The Morgan fingerprint density at radius 1 is 1.09 bits per heavy atom. The molecule has 1 aromatic rings. The van der Waals surface area contributed by atoms with Crippen LogP contribution in [0.1, 0.15) is 5.56 Å². The van der Waals surface area contributed by atoms with Crippen LogP contribution in [-0.4, -0.2) is 0 Å². The second-order valence-corrected chi connectivity index (χ2v) is 5.71. The van der Waals surface area contributed by atoms with E-state index in [0.29, 0.717) is 0 Å². The third kappa shape index (κ3) is 2.26. The fraction of sp³-hybridized carbons (Fsp3) is 0.143. The van der Waals surface area contributed by atoms with Crippen molar-refractivity contribution in [2.75, 3.05) is 0 Å². The lowest BCUT2D eigenvalue weighted by Crippen LogP contribution is -2.11. The fourth-order valence-electron chi connectivity index (χ4n) is 0.757. The molecule has 1 aromatic carbocycles. The topological polar surface area (TPSA) is 0 Å². The van der Waals surface area contributed by atoms with Crippen molar-refractivity contribution in [2.45, 2.75) is 6.92 Å². The van der Waals surface area contributed by atoms with Gasteiger partial charge >= 0.3 is 0 Å². The van der Waals surface area contributed by atoms with Gasteiger partial charge in [0.05, 0.1) is 0 Å². The minimum absolute atomic E-state index is 1.28. The lowest BCUT2D eigenvalue weighted by Gasteiger charge is -2.07. The first-order valence-corrected chi connectivity index (χ1v) is 6.34. The van der Waals surface area contributed by atoms with E-state index in [-0.39, 0.29) is 0 Å². The summed E-state index contributed by atoms with van der Waals surface area (Å²) in [6.45, 7) is 2.15. The van der Waals surface area contributed by atoms with Gasteiger partial charge in [-0.3, -0.25) is 0 Å². The minimum atomic E-state index is 1.28. The van der Waals surface area contributed by atoms with Gasteiger partial charge in [0.15, 0.2) is 0 Å². The van der Waals surface area contributed by atoms with Gasteiger partial charge in [-0.15, -0.1) is 18.5 Å². The van der Waals surface area contributed by atoms with Crippen molar-refractivity contribution >= 4 is 74.3 Å². The summed E-state index contributed by atoms with van der Waals surface area (Å²) in [7, 11) is 5.51. The molecule has 4 heteroatoms. The lowest BCUT2D eigenvalue weighted by molar-refractivity contribution is 1.46. The molecule has 0 amide bonds. The van der Waals surface area contributed by atoms with Gasteiger partial charge in [-0.1, -0.05) is 0 Å². The number of hydrogen-bond acceptors (Lipinski definition) is 0. The molecule has 0 bridgehead atoms. The van der Waals surface area contributed by atoms with E-state index in [0.717, 1.165) is 0 Å². The molecule has 2 atom stereocenters. The summed E-state index contributed by atoms with van der Waals surface area (Å²) < 4.78 is 2.71. The quantitative estimate of drug-likeness (QED) is 0.457. The third-order valence-electron chi connectivity index (χ3n) is 1.52. The van der Waals surface area contributed by atoms with Crippen LogP contribution in [0.4, 0.5) is 0 Å². The second kappa shape index (κ2) is 4.17. The molecule has 0 spiro atoms. The first kappa shape index (κ1) is 10.6. The van der Waals surface area contributed by atoms with Crippen molar-refractivity contribution < 1.29 is 0 Å². The van der Waals surface area contributed by atoms with Gasteiger partial charge in [0, 0.05) is 7.14 Å². The van der Waals surface area contributed by atoms with E-state index in [1.54, 1.807) is 0 Å². The molecule has 0 fully saturated rings. The van der Waals surface area contributed by atoms with Crippen LogP contribution in [0.25, 0.3) is 0 Å². The van der Waals surface area contributed by atoms with Crippen LogP contribution in [0, 0.1) is 14.1 Å². The smallest absolute Gasteiger partial charge is 0.0338 e. The second-order valence-electron chi connectivity index (χ2n) is 2.31. The first-order chi connectivity index (χ1) is 5.04. The van der Waals surface area contributed by atoms with Gasteiger partial charge in [-0.2, -0.15) is 0 Å². The van der Waals surface area contributed by atoms with Crippen LogP contribution in [0.3, 0.4) is 0 Å². The zero-order chi connectivity index (χ0) is 8.59. The first-order valence-electron chi connectivity index (χ1n) is 3.03.